The van der Waals surface area contributed by atoms with Gasteiger partial charge in [-0.25, -0.2) is 0 Å². The van der Waals surface area contributed by atoms with Crippen LogP contribution < -0.4 is 5.32 Å². The molecule has 1 heterocycles. The Labute approximate surface area is 122 Å². The number of thioether (sulfide) groups is 1. The van der Waals surface area contributed by atoms with Crippen molar-refractivity contribution in [3.8, 4) is 0 Å². The lowest BCUT2D eigenvalue weighted by Crippen LogP contribution is -2.52. The lowest BCUT2D eigenvalue weighted by molar-refractivity contribution is 0.231. The van der Waals surface area contributed by atoms with E-state index in [2.05, 4.69) is 45.1 Å². The predicted molar refractivity (Wildman–Crippen MR) is 86.0 cm³/mol. The molecule has 0 radical (unpaired) electrons. The predicted octanol–water partition coefficient (Wildman–Crippen LogP) is 2.97. The van der Waals surface area contributed by atoms with Crippen LogP contribution >= 0.6 is 11.8 Å². The van der Waals surface area contributed by atoms with Gasteiger partial charge in [0.2, 0.25) is 0 Å². The lowest BCUT2D eigenvalue weighted by atomic mass is 9.73. The van der Waals surface area contributed by atoms with Gasteiger partial charge in [0.25, 0.3) is 0 Å². The Balaban J connectivity index is 2.02. The van der Waals surface area contributed by atoms with Crippen LogP contribution in [0.4, 0.5) is 0 Å². The maximum atomic E-state index is 4.75. The Morgan fingerprint density at radius 2 is 1.95 bits per heavy atom. The summed E-state index contributed by atoms with van der Waals surface area (Å²) in [6.07, 6.45) is 5.38. The van der Waals surface area contributed by atoms with Crippen LogP contribution in [0, 0.1) is 5.92 Å². The maximum Gasteiger partial charge on any atom is 0.157 e. The summed E-state index contributed by atoms with van der Waals surface area (Å²) < 4.78 is 0.371. The topological polar surface area (TPSA) is 27.6 Å². The molecule has 110 valence electrons. The van der Waals surface area contributed by atoms with Crippen LogP contribution in [0.15, 0.2) is 4.99 Å². The third-order valence-electron chi connectivity index (χ3n) is 4.74. The number of rotatable bonds is 3. The van der Waals surface area contributed by atoms with Crippen LogP contribution in [-0.4, -0.2) is 47.5 Å². The van der Waals surface area contributed by atoms with Crippen LogP contribution in [0.3, 0.4) is 0 Å². The van der Waals surface area contributed by atoms with Crippen molar-refractivity contribution in [2.75, 3.05) is 27.2 Å². The minimum Gasteiger partial charge on any atom is -0.359 e. The Hall–Kier alpha value is -0.220. The molecule has 2 aliphatic rings. The van der Waals surface area contributed by atoms with Gasteiger partial charge in [-0.2, -0.15) is 0 Å². The Morgan fingerprint density at radius 1 is 1.32 bits per heavy atom. The molecule has 1 aliphatic heterocycles. The fourth-order valence-corrected chi connectivity index (χ4v) is 4.68. The molecular weight excluding hydrogens is 254 g/mol. The monoisotopic (exact) mass is 283 g/mol. The molecule has 1 saturated heterocycles. The average molecular weight is 283 g/mol. The molecule has 0 bridgehead atoms. The summed E-state index contributed by atoms with van der Waals surface area (Å²) in [4.78, 5) is 6.94. The van der Waals surface area contributed by atoms with E-state index in [1.54, 1.807) is 0 Å². The molecule has 0 aromatic heterocycles. The zero-order valence-corrected chi connectivity index (χ0v) is 13.9. The molecule has 0 atom stereocenters. The van der Waals surface area contributed by atoms with Crippen molar-refractivity contribution in [1.82, 2.24) is 10.2 Å². The second-order valence-corrected chi connectivity index (χ2v) is 8.39. The van der Waals surface area contributed by atoms with Crippen molar-refractivity contribution >= 4 is 16.9 Å². The summed E-state index contributed by atoms with van der Waals surface area (Å²) in [5, 5.41) is 4.84. The molecule has 1 spiro atoms. The number of aliphatic imine (C=N–C) groups is 1. The van der Waals surface area contributed by atoms with Crippen LogP contribution in [0.1, 0.15) is 46.5 Å². The largest absolute Gasteiger partial charge is 0.359 e. The molecule has 19 heavy (non-hydrogen) atoms. The van der Waals surface area contributed by atoms with Crippen LogP contribution in [0.5, 0.6) is 0 Å². The second kappa shape index (κ2) is 5.65. The van der Waals surface area contributed by atoms with Crippen molar-refractivity contribution in [3.63, 3.8) is 0 Å². The van der Waals surface area contributed by atoms with Gasteiger partial charge in [0.15, 0.2) is 5.17 Å². The van der Waals surface area contributed by atoms with E-state index in [0.717, 1.165) is 19.0 Å². The van der Waals surface area contributed by atoms with E-state index in [9.17, 15) is 0 Å². The molecule has 1 saturated carbocycles. The van der Waals surface area contributed by atoms with Crippen molar-refractivity contribution < 1.29 is 0 Å². The van der Waals surface area contributed by atoms with Gasteiger partial charge in [-0.15, -0.1) is 0 Å². The number of hydrogen-bond donors (Lipinski definition) is 1. The maximum absolute atomic E-state index is 4.75. The van der Waals surface area contributed by atoms with Gasteiger partial charge in [-0.1, -0.05) is 18.7 Å². The van der Waals surface area contributed by atoms with Gasteiger partial charge >= 0.3 is 0 Å². The van der Waals surface area contributed by atoms with E-state index in [4.69, 9.17) is 4.99 Å². The number of nitrogens with zero attached hydrogens (tertiary/aromatic N) is 2. The lowest BCUT2D eigenvalue weighted by Gasteiger charge is -2.43. The van der Waals surface area contributed by atoms with Crippen LogP contribution in [-0.2, 0) is 0 Å². The Bertz CT molecular complexity index is 341. The number of nitrogens with one attached hydrogen (secondary N) is 1. The summed E-state index contributed by atoms with van der Waals surface area (Å²) >= 11 is 2.01. The smallest absolute Gasteiger partial charge is 0.157 e. The number of hydrogen-bond acceptors (Lipinski definition) is 3. The summed E-state index contributed by atoms with van der Waals surface area (Å²) in [5.41, 5.74) is 0.175. The first kappa shape index (κ1) is 15.2. The average Bonchev–Trinajstić information content (AvgIpc) is 2.54. The van der Waals surface area contributed by atoms with Crippen molar-refractivity contribution in [2.24, 2.45) is 10.9 Å². The van der Waals surface area contributed by atoms with E-state index < -0.39 is 0 Å². The van der Waals surface area contributed by atoms with Gasteiger partial charge in [-0.05, 0) is 59.5 Å². The highest BCUT2D eigenvalue weighted by molar-refractivity contribution is 8.15. The molecule has 0 aromatic rings. The Morgan fingerprint density at radius 3 is 2.53 bits per heavy atom. The molecule has 2 fully saturated rings. The SMILES string of the molecule is CC1CCC2(CC1)SC(=NCCN(C)C)NC2(C)C. The van der Waals surface area contributed by atoms with E-state index in [1.807, 2.05) is 11.8 Å². The molecule has 4 heteroatoms. The minimum absolute atomic E-state index is 0.175. The number of amidine groups is 1. The minimum atomic E-state index is 0.175. The standard InChI is InChI=1S/C15H29N3S/c1-12-6-8-15(9-7-12)14(2,3)17-13(19-15)16-10-11-18(4)5/h12H,6-11H2,1-5H3,(H,16,17). The highest BCUT2D eigenvalue weighted by atomic mass is 32.2. The quantitative estimate of drug-likeness (QED) is 0.863. The number of likely N-dealkylation sites (N-methyl/N-ethyl adjacent to an activating group) is 1. The second-order valence-electron chi connectivity index (χ2n) is 7.02. The van der Waals surface area contributed by atoms with Gasteiger partial charge in [0.05, 0.1) is 6.54 Å². The summed E-state index contributed by atoms with van der Waals surface area (Å²) in [6.45, 7) is 9.01. The highest BCUT2D eigenvalue weighted by Crippen LogP contribution is 2.52. The molecular formula is C15H29N3S. The normalized spacial score (nSPS) is 36.1. The van der Waals surface area contributed by atoms with Gasteiger partial charge in [0, 0.05) is 16.8 Å². The van der Waals surface area contributed by atoms with Gasteiger partial charge in [-0.3, -0.25) is 4.99 Å². The van der Waals surface area contributed by atoms with E-state index in [1.165, 1.54) is 30.9 Å². The zero-order chi connectivity index (χ0) is 14.1. The van der Waals surface area contributed by atoms with E-state index >= 15 is 0 Å². The molecule has 1 aliphatic carbocycles. The fourth-order valence-electron chi connectivity index (χ4n) is 3.10. The molecule has 0 amide bonds. The van der Waals surface area contributed by atoms with Gasteiger partial charge in [0.1, 0.15) is 0 Å². The first-order chi connectivity index (χ1) is 8.85. The molecule has 3 nitrogen and oxygen atoms in total. The van der Waals surface area contributed by atoms with Crippen molar-refractivity contribution in [3.05, 3.63) is 0 Å². The van der Waals surface area contributed by atoms with Crippen LogP contribution in [0.25, 0.3) is 0 Å². The van der Waals surface area contributed by atoms with E-state index in [-0.39, 0.29) is 5.54 Å². The summed E-state index contributed by atoms with van der Waals surface area (Å²) in [5.74, 6) is 0.900. The fraction of sp³-hybridized carbons (Fsp3) is 0.933. The summed E-state index contributed by atoms with van der Waals surface area (Å²) in [7, 11) is 4.20. The third-order valence-corrected chi connectivity index (χ3v) is 6.47. The highest BCUT2D eigenvalue weighted by Gasteiger charge is 2.53. The molecule has 1 N–H and O–H groups in total. The third kappa shape index (κ3) is 3.27. The van der Waals surface area contributed by atoms with Crippen molar-refractivity contribution in [2.45, 2.75) is 56.7 Å². The Kier molecular flexibility index (Phi) is 4.51. The van der Waals surface area contributed by atoms with Crippen LogP contribution in [0.2, 0.25) is 0 Å². The summed E-state index contributed by atoms with van der Waals surface area (Å²) in [6, 6.07) is 0. The first-order valence-corrected chi connectivity index (χ1v) is 8.33. The molecule has 2 rings (SSSR count). The molecule has 0 unspecified atom stereocenters. The molecule has 0 aromatic carbocycles. The van der Waals surface area contributed by atoms with Crippen molar-refractivity contribution in [1.29, 1.82) is 0 Å². The first-order valence-electron chi connectivity index (χ1n) is 7.51. The zero-order valence-electron chi connectivity index (χ0n) is 13.1. The van der Waals surface area contributed by atoms with E-state index in [0.29, 0.717) is 4.75 Å². The van der Waals surface area contributed by atoms with Gasteiger partial charge < -0.3 is 10.2 Å².